The van der Waals surface area contributed by atoms with Gasteiger partial charge in [-0.2, -0.15) is 5.10 Å². The highest BCUT2D eigenvalue weighted by Crippen LogP contribution is 2.38. The second-order valence-corrected chi connectivity index (χ2v) is 11.4. The van der Waals surface area contributed by atoms with Crippen LogP contribution in [0.3, 0.4) is 0 Å². The van der Waals surface area contributed by atoms with Crippen LogP contribution in [-0.4, -0.2) is 104 Å². The predicted molar refractivity (Wildman–Crippen MR) is 153 cm³/mol. The zero-order chi connectivity index (χ0) is 27.3. The smallest absolute Gasteiger partial charge is 0.158 e. The highest BCUT2D eigenvalue weighted by atomic mass is 16.5. The van der Waals surface area contributed by atoms with E-state index < -0.39 is 6.23 Å². The molecule has 2 aliphatic rings. The molecule has 208 valence electrons. The summed E-state index contributed by atoms with van der Waals surface area (Å²) in [6.07, 6.45) is 3.21. The summed E-state index contributed by atoms with van der Waals surface area (Å²) in [5.41, 5.74) is 8.75. The normalized spacial score (nSPS) is 20.5. The third-order valence-corrected chi connectivity index (χ3v) is 8.55. The fourth-order valence-corrected chi connectivity index (χ4v) is 6.22. The van der Waals surface area contributed by atoms with Crippen LogP contribution in [0.5, 0.6) is 0 Å². The standard InChI is InChI=1S/C29H40N8O2/c1-18(2)26-27(22-15-37-29(30-17-31-37)21(5)20(22)4)32-23-6-7-24(33-28(23)26)35-8-9-36(19(3)14-35)25(38)16-34-10-12-39-13-11-34/h6-7,15,17-19,25,32,38H,8-14,16H2,1-5H3/t19-,25?/m1/s1. The number of H-pyrrole nitrogens is 1. The number of aromatic nitrogens is 5. The van der Waals surface area contributed by atoms with Crippen molar-refractivity contribution >= 4 is 22.5 Å². The number of anilines is 1. The highest BCUT2D eigenvalue weighted by molar-refractivity contribution is 5.90. The number of fused-ring (bicyclic) bond motifs is 2. The molecule has 2 fully saturated rings. The number of aromatic amines is 1. The summed E-state index contributed by atoms with van der Waals surface area (Å²) < 4.78 is 7.32. The van der Waals surface area contributed by atoms with E-state index in [1.807, 2.05) is 4.52 Å². The van der Waals surface area contributed by atoms with Gasteiger partial charge < -0.3 is 19.7 Å². The molecule has 0 aliphatic carbocycles. The summed E-state index contributed by atoms with van der Waals surface area (Å²) in [5.74, 6) is 1.28. The fraction of sp³-hybridized carbons (Fsp3) is 0.552. The largest absolute Gasteiger partial charge is 0.379 e. The summed E-state index contributed by atoms with van der Waals surface area (Å²) in [6.45, 7) is 17.3. The van der Waals surface area contributed by atoms with Gasteiger partial charge >= 0.3 is 0 Å². The van der Waals surface area contributed by atoms with Crippen LogP contribution < -0.4 is 4.90 Å². The number of rotatable bonds is 6. The average molecular weight is 533 g/mol. The molecule has 0 aromatic carbocycles. The molecule has 2 saturated heterocycles. The average Bonchev–Trinajstić information content (AvgIpc) is 3.55. The number of aliphatic hydroxyl groups excluding tert-OH is 1. The third kappa shape index (κ3) is 4.80. The third-order valence-electron chi connectivity index (χ3n) is 8.55. The Labute approximate surface area is 229 Å². The molecule has 1 unspecified atom stereocenters. The Balaban J connectivity index is 1.27. The van der Waals surface area contributed by atoms with Gasteiger partial charge in [0.05, 0.1) is 29.9 Å². The van der Waals surface area contributed by atoms with Crippen molar-refractivity contribution < 1.29 is 9.84 Å². The van der Waals surface area contributed by atoms with E-state index in [4.69, 9.17) is 9.72 Å². The molecule has 0 saturated carbocycles. The first-order valence-electron chi connectivity index (χ1n) is 14.1. The lowest BCUT2D eigenvalue weighted by Gasteiger charge is -2.43. The van der Waals surface area contributed by atoms with Crippen molar-refractivity contribution in [3.8, 4) is 11.3 Å². The predicted octanol–water partition coefficient (Wildman–Crippen LogP) is 3.17. The Bertz CT molecular complexity index is 1470. The Morgan fingerprint density at radius 2 is 1.90 bits per heavy atom. The van der Waals surface area contributed by atoms with E-state index in [2.05, 4.69) is 82.7 Å². The molecule has 39 heavy (non-hydrogen) atoms. The number of aryl methyl sites for hydroxylation is 1. The molecule has 6 heterocycles. The van der Waals surface area contributed by atoms with Gasteiger partial charge in [0, 0.05) is 62.6 Å². The van der Waals surface area contributed by atoms with Crippen molar-refractivity contribution in [1.29, 1.82) is 0 Å². The Kier molecular flexibility index (Phi) is 7.05. The number of β-amino-alcohol motifs (C(OH)–C–C–N with tert-alkyl or cyclic N) is 1. The highest BCUT2D eigenvalue weighted by Gasteiger charge is 2.31. The Morgan fingerprint density at radius 1 is 1.10 bits per heavy atom. The van der Waals surface area contributed by atoms with Gasteiger partial charge in [-0.3, -0.25) is 9.80 Å². The van der Waals surface area contributed by atoms with E-state index in [0.29, 0.717) is 6.54 Å². The number of hydrogen-bond donors (Lipinski definition) is 2. The van der Waals surface area contributed by atoms with E-state index in [0.717, 1.165) is 85.3 Å². The molecular formula is C29H40N8O2. The first-order chi connectivity index (χ1) is 18.8. The van der Waals surface area contributed by atoms with Gasteiger partial charge in [-0.1, -0.05) is 13.8 Å². The number of piperazine rings is 1. The van der Waals surface area contributed by atoms with Crippen LogP contribution in [-0.2, 0) is 4.74 Å². The van der Waals surface area contributed by atoms with Crippen LogP contribution in [0.2, 0.25) is 0 Å². The topological polar surface area (TPSA) is 98.0 Å². The monoisotopic (exact) mass is 532 g/mol. The maximum absolute atomic E-state index is 11.0. The molecule has 10 heteroatoms. The van der Waals surface area contributed by atoms with E-state index in [1.54, 1.807) is 6.33 Å². The fourth-order valence-electron chi connectivity index (χ4n) is 6.22. The molecule has 0 spiro atoms. The van der Waals surface area contributed by atoms with E-state index >= 15 is 0 Å². The molecule has 0 bridgehead atoms. The Hall–Kier alpha value is -3.05. The van der Waals surface area contributed by atoms with Gasteiger partial charge in [0.2, 0.25) is 0 Å². The summed E-state index contributed by atoms with van der Waals surface area (Å²) in [6, 6.07) is 4.50. The number of aliphatic hydroxyl groups is 1. The lowest BCUT2D eigenvalue weighted by Crippen LogP contribution is -2.58. The zero-order valence-corrected chi connectivity index (χ0v) is 23.7. The van der Waals surface area contributed by atoms with Gasteiger partial charge in [0.25, 0.3) is 0 Å². The molecule has 4 aromatic heterocycles. The van der Waals surface area contributed by atoms with Crippen LogP contribution in [0, 0.1) is 13.8 Å². The summed E-state index contributed by atoms with van der Waals surface area (Å²) in [7, 11) is 0. The van der Waals surface area contributed by atoms with Crippen LogP contribution in [0.4, 0.5) is 5.82 Å². The number of nitrogens with one attached hydrogen (secondary N) is 1. The van der Waals surface area contributed by atoms with Crippen molar-refractivity contribution in [2.24, 2.45) is 0 Å². The lowest BCUT2D eigenvalue weighted by atomic mass is 9.95. The first-order valence-corrected chi connectivity index (χ1v) is 14.1. The van der Waals surface area contributed by atoms with E-state index in [9.17, 15) is 5.11 Å². The van der Waals surface area contributed by atoms with Gasteiger partial charge in [-0.05, 0) is 49.9 Å². The molecule has 2 N–H and O–H groups in total. The van der Waals surface area contributed by atoms with E-state index in [-0.39, 0.29) is 12.0 Å². The number of ether oxygens (including phenoxy) is 1. The van der Waals surface area contributed by atoms with Gasteiger partial charge in [-0.15, -0.1) is 0 Å². The van der Waals surface area contributed by atoms with Gasteiger partial charge in [-0.25, -0.2) is 14.5 Å². The molecular weight excluding hydrogens is 492 g/mol. The number of hydrogen-bond acceptors (Lipinski definition) is 8. The van der Waals surface area contributed by atoms with Crippen molar-refractivity contribution in [2.75, 3.05) is 57.4 Å². The summed E-state index contributed by atoms with van der Waals surface area (Å²) in [4.78, 5) is 20.2. The lowest BCUT2D eigenvalue weighted by molar-refractivity contribution is -0.0617. The van der Waals surface area contributed by atoms with Crippen molar-refractivity contribution in [3.63, 3.8) is 0 Å². The molecule has 4 aromatic rings. The minimum absolute atomic E-state index is 0.221. The first kappa shape index (κ1) is 26.2. The van der Waals surface area contributed by atoms with Crippen LogP contribution >= 0.6 is 0 Å². The van der Waals surface area contributed by atoms with Crippen molar-refractivity contribution in [3.05, 3.63) is 41.3 Å². The summed E-state index contributed by atoms with van der Waals surface area (Å²) >= 11 is 0. The molecule has 6 rings (SSSR count). The van der Waals surface area contributed by atoms with Gasteiger partial charge in [0.1, 0.15) is 18.4 Å². The number of pyridine rings is 2. The minimum atomic E-state index is -0.468. The van der Waals surface area contributed by atoms with Crippen molar-refractivity contribution in [1.82, 2.24) is 34.4 Å². The second-order valence-electron chi connectivity index (χ2n) is 11.4. The maximum atomic E-state index is 11.0. The molecule has 0 radical (unpaired) electrons. The SMILES string of the molecule is Cc1c(-c2[nH]c3ccc(N4CCN(C(O)CN5CCOCC5)[C@H](C)C4)nc3c2C(C)C)cn2ncnc2c1C. The second kappa shape index (κ2) is 10.5. The van der Waals surface area contributed by atoms with Gasteiger partial charge in [0.15, 0.2) is 5.65 Å². The van der Waals surface area contributed by atoms with Crippen LogP contribution in [0.1, 0.15) is 43.4 Å². The summed E-state index contributed by atoms with van der Waals surface area (Å²) in [5, 5.41) is 15.4. The molecule has 0 amide bonds. The number of morpholine rings is 1. The molecule has 2 aliphatic heterocycles. The van der Waals surface area contributed by atoms with Crippen LogP contribution in [0.15, 0.2) is 24.7 Å². The quantitative estimate of drug-likeness (QED) is 0.391. The Morgan fingerprint density at radius 3 is 2.64 bits per heavy atom. The van der Waals surface area contributed by atoms with E-state index in [1.165, 1.54) is 11.1 Å². The molecule has 10 nitrogen and oxygen atoms in total. The van der Waals surface area contributed by atoms with Crippen LogP contribution in [0.25, 0.3) is 27.9 Å². The minimum Gasteiger partial charge on any atom is -0.379 e. The van der Waals surface area contributed by atoms with Crippen molar-refractivity contribution in [2.45, 2.75) is 52.8 Å². The zero-order valence-electron chi connectivity index (χ0n) is 23.7. The molecule has 2 atom stereocenters. The maximum Gasteiger partial charge on any atom is 0.158 e. The number of nitrogens with zero attached hydrogens (tertiary/aromatic N) is 7.